The van der Waals surface area contributed by atoms with Crippen LogP contribution in [0.4, 0.5) is 0 Å². The summed E-state index contributed by atoms with van der Waals surface area (Å²) < 4.78 is 4.43. The highest BCUT2D eigenvalue weighted by Crippen LogP contribution is 2.19. The fourth-order valence-electron chi connectivity index (χ4n) is 0.489. The summed E-state index contributed by atoms with van der Waals surface area (Å²) in [6.07, 6.45) is 0. The summed E-state index contributed by atoms with van der Waals surface area (Å²) in [6.45, 7) is 0. The third-order valence-corrected chi connectivity index (χ3v) is 2.05. The van der Waals surface area contributed by atoms with Crippen LogP contribution < -0.4 is 0 Å². The molecule has 0 spiro atoms. The van der Waals surface area contributed by atoms with E-state index in [1.165, 1.54) is 18.4 Å². The van der Waals surface area contributed by atoms with Gasteiger partial charge in [-0.1, -0.05) is 11.6 Å². The van der Waals surface area contributed by atoms with Crippen LogP contribution in [-0.2, 0) is 4.74 Å². The van der Waals surface area contributed by atoms with Gasteiger partial charge in [0.25, 0.3) is 0 Å². The van der Waals surface area contributed by atoms with E-state index in [2.05, 4.69) is 10.1 Å². The zero-order valence-corrected chi connectivity index (χ0v) is 6.75. The van der Waals surface area contributed by atoms with Gasteiger partial charge in [-0.3, -0.25) is 0 Å². The summed E-state index contributed by atoms with van der Waals surface area (Å²) in [4.78, 5) is 10.8. The van der Waals surface area contributed by atoms with Crippen LogP contribution in [0.5, 0.6) is 0 Å². The second-order valence-corrected chi connectivity index (χ2v) is 2.64. The van der Waals surface area contributed by atoms with Crippen molar-refractivity contribution < 1.29 is 9.53 Å². The van der Waals surface area contributed by atoms with Crippen molar-refractivity contribution in [3.8, 4) is 0 Å². The summed E-state index contributed by atoms with van der Waals surface area (Å²) in [7, 11) is 1.31. The Bertz CT molecular complexity index is 244. The van der Waals surface area contributed by atoms with Crippen molar-refractivity contribution in [3.63, 3.8) is 0 Å². The minimum atomic E-state index is -0.439. The summed E-state index contributed by atoms with van der Waals surface area (Å²) in [5, 5.41) is 4.72. The average molecular weight is 176 g/mol. The largest absolute Gasteiger partial charge is 0.465 e. The molecule has 1 radical (unpaired) electrons. The molecule has 1 rings (SSSR count). The Morgan fingerprint density at radius 1 is 1.90 bits per heavy atom. The summed E-state index contributed by atoms with van der Waals surface area (Å²) >= 11 is 6.84. The highest BCUT2D eigenvalue weighted by Gasteiger charge is 2.10. The maximum Gasteiger partial charge on any atom is 0.340 e. The minimum absolute atomic E-state index is 0.314. The SMILES string of the molecule is COC(=O)c1[c]scc1Cl. The topological polar surface area (TPSA) is 26.3 Å². The molecule has 0 saturated heterocycles. The number of thiophene rings is 1. The smallest absolute Gasteiger partial charge is 0.340 e. The van der Waals surface area contributed by atoms with E-state index >= 15 is 0 Å². The Morgan fingerprint density at radius 2 is 2.60 bits per heavy atom. The molecule has 0 bridgehead atoms. The number of carbonyl (C=O) groups is 1. The monoisotopic (exact) mass is 175 g/mol. The maximum atomic E-state index is 10.8. The van der Waals surface area contributed by atoms with E-state index in [1.807, 2.05) is 0 Å². The lowest BCUT2D eigenvalue weighted by atomic mass is 10.3. The van der Waals surface area contributed by atoms with Crippen LogP contribution in [-0.4, -0.2) is 13.1 Å². The van der Waals surface area contributed by atoms with Gasteiger partial charge in [-0.2, -0.15) is 0 Å². The molecule has 0 unspecified atom stereocenters. The first-order chi connectivity index (χ1) is 4.75. The van der Waals surface area contributed by atoms with Crippen molar-refractivity contribution in [1.29, 1.82) is 0 Å². The molecule has 10 heavy (non-hydrogen) atoms. The Kier molecular flexibility index (Phi) is 2.29. The highest BCUT2D eigenvalue weighted by atomic mass is 35.5. The van der Waals surface area contributed by atoms with Crippen LogP contribution >= 0.6 is 22.9 Å². The van der Waals surface area contributed by atoms with Crippen LogP contribution in [0.25, 0.3) is 0 Å². The number of methoxy groups -OCH3 is 1. The second-order valence-electron chi connectivity index (χ2n) is 1.55. The Hall–Kier alpha value is -0.540. The van der Waals surface area contributed by atoms with Gasteiger partial charge in [0.2, 0.25) is 0 Å². The fourth-order valence-corrected chi connectivity index (χ4v) is 1.39. The van der Waals surface area contributed by atoms with Crippen molar-refractivity contribution in [2.45, 2.75) is 0 Å². The van der Waals surface area contributed by atoms with E-state index in [0.717, 1.165) is 0 Å². The number of hydrogen-bond donors (Lipinski definition) is 0. The molecule has 0 atom stereocenters. The van der Waals surface area contributed by atoms with Gasteiger partial charge in [0.05, 0.1) is 23.1 Å². The molecule has 0 N–H and O–H groups in total. The molecule has 2 nitrogen and oxygen atoms in total. The van der Waals surface area contributed by atoms with Crippen molar-refractivity contribution in [2.75, 3.05) is 7.11 Å². The number of rotatable bonds is 1. The molecule has 0 aliphatic carbocycles. The minimum Gasteiger partial charge on any atom is -0.465 e. The summed E-state index contributed by atoms with van der Waals surface area (Å²) in [5.74, 6) is -0.439. The van der Waals surface area contributed by atoms with E-state index in [1.54, 1.807) is 5.38 Å². The third kappa shape index (κ3) is 1.30. The molecule has 1 aromatic heterocycles. The third-order valence-electron chi connectivity index (χ3n) is 0.952. The van der Waals surface area contributed by atoms with Gasteiger partial charge in [0.1, 0.15) is 0 Å². The zero-order chi connectivity index (χ0) is 7.56. The standard InChI is InChI=1S/C6H4ClO2S/c1-9-6(8)4-2-10-3-5(4)7/h3H,1H3. The average Bonchev–Trinajstić information content (AvgIpc) is 2.34. The molecule has 0 fully saturated rings. The molecule has 4 heteroatoms. The lowest BCUT2D eigenvalue weighted by molar-refractivity contribution is 0.0601. The molecule has 0 aliphatic heterocycles. The van der Waals surface area contributed by atoms with Gasteiger partial charge in [-0.15, -0.1) is 11.3 Å². The van der Waals surface area contributed by atoms with Crippen LogP contribution in [0.2, 0.25) is 5.02 Å². The molecular formula is C6H4ClO2S. The quantitative estimate of drug-likeness (QED) is 0.611. The second kappa shape index (κ2) is 3.03. The normalized spacial score (nSPS) is 9.40. The van der Waals surface area contributed by atoms with Crippen molar-refractivity contribution in [3.05, 3.63) is 21.3 Å². The number of esters is 1. The molecule has 53 valence electrons. The van der Waals surface area contributed by atoms with Gasteiger partial charge in [-0.05, 0) is 0 Å². The van der Waals surface area contributed by atoms with Crippen molar-refractivity contribution in [2.24, 2.45) is 0 Å². The molecular weight excluding hydrogens is 172 g/mol. The molecule has 0 aromatic carbocycles. The van der Waals surface area contributed by atoms with Gasteiger partial charge >= 0.3 is 5.97 Å². The predicted octanol–water partition coefficient (Wildman–Crippen LogP) is 1.99. The summed E-state index contributed by atoms with van der Waals surface area (Å²) in [5.41, 5.74) is 0.314. The van der Waals surface area contributed by atoms with Crippen molar-refractivity contribution >= 4 is 28.9 Å². The number of hydrogen-bond acceptors (Lipinski definition) is 3. The van der Waals surface area contributed by atoms with E-state index in [9.17, 15) is 4.79 Å². The van der Waals surface area contributed by atoms with Gasteiger partial charge in [0, 0.05) is 5.38 Å². The molecule has 1 heterocycles. The maximum absolute atomic E-state index is 10.8. The highest BCUT2D eigenvalue weighted by molar-refractivity contribution is 7.08. The van der Waals surface area contributed by atoms with Gasteiger partial charge < -0.3 is 4.74 Å². The van der Waals surface area contributed by atoms with E-state index in [-0.39, 0.29) is 0 Å². The predicted molar refractivity (Wildman–Crippen MR) is 39.5 cm³/mol. The van der Waals surface area contributed by atoms with Crippen LogP contribution in [0, 0.1) is 5.38 Å². The summed E-state index contributed by atoms with van der Waals surface area (Å²) in [6, 6.07) is 0. The number of carbonyl (C=O) groups excluding carboxylic acids is 1. The van der Waals surface area contributed by atoms with E-state index < -0.39 is 5.97 Å². The van der Waals surface area contributed by atoms with Crippen molar-refractivity contribution in [1.82, 2.24) is 0 Å². The Labute approximate surface area is 67.4 Å². The Morgan fingerprint density at radius 3 is 3.00 bits per heavy atom. The molecule has 0 saturated carbocycles. The fraction of sp³-hybridized carbons (Fsp3) is 0.167. The first-order valence-electron chi connectivity index (χ1n) is 2.48. The lowest BCUT2D eigenvalue weighted by Gasteiger charge is -1.92. The van der Waals surface area contributed by atoms with Gasteiger partial charge in [0.15, 0.2) is 0 Å². The zero-order valence-electron chi connectivity index (χ0n) is 5.18. The van der Waals surface area contributed by atoms with Crippen LogP contribution in [0.1, 0.15) is 10.4 Å². The number of ether oxygens (including phenoxy) is 1. The van der Waals surface area contributed by atoms with Crippen LogP contribution in [0.15, 0.2) is 5.38 Å². The first kappa shape index (κ1) is 7.57. The van der Waals surface area contributed by atoms with Gasteiger partial charge in [-0.25, -0.2) is 4.79 Å². The first-order valence-corrected chi connectivity index (χ1v) is 3.74. The van der Waals surface area contributed by atoms with Crippen LogP contribution in [0.3, 0.4) is 0 Å². The van der Waals surface area contributed by atoms with E-state index in [0.29, 0.717) is 10.6 Å². The molecule has 1 aromatic rings. The number of halogens is 1. The van der Waals surface area contributed by atoms with E-state index in [4.69, 9.17) is 11.6 Å². The molecule has 0 amide bonds. The Balaban J connectivity index is 2.93. The molecule has 0 aliphatic rings. The lowest BCUT2D eigenvalue weighted by Crippen LogP contribution is -1.99.